The maximum absolute atomic E-state index is 2.37. The number of rotatable bonds is 0. The maximum atomic E-state index is 2.37. The van der Waals surface area contributed by atoms with E-state index in [1.807, 2.05) is 0 Å². The predicted molar refractivity (Wildman–Crippen MR) is 55.4 cm³/mol. The smallest absolute Gasteiger partial charge is 0.0808 e. The van der Waals surface area contributed by atoms with Gasteiger partial charge in [0.15, 0.2) is 0 Å². The first-order valence-electron chi connectivity index (χ1n) is 4.31. The first-order chi connectivity index (χ1) is 4.49. The molecule has 1 aliphatic rings. The summed E-state index contributed by atoms with van der Waals surface area (Å²) in [5.41, 5.74) is 0. The van der Waals surface area contributed by atoms with Crippen LogP contribution in [0.2, 0.25) is 0 Å². The van der Waals surface area contributed by atoms with Crippen LogP contribution in [0.5, 0.6) is 0 Å². The molecule has 0 aliphatic carbocycles. The van der Waals surface area contributed by atoms with Crippen molar-refractivity contribution >= 4 is 0 Å². The Morgan fingerprint density at radius 3 is 1.54 bits per heavy atom. The van der Waals surface area contributed by atoms with Crippen LogP contribution in [0.25, 0.3) is 0 Å². The molecule has 1 aliphatic heterocycles. The van der Waals surface area contributed by atoms with Gasteiger partial charge in [0.05, 0.1) is 27.2 Å². The van der Waals surface area contributed by atoms with E-state index in [-0.39, 0.29) is 17.1 Å². The fourth-order valence-electron chi connectivity index (χ4n) is 2.60. The number of hydrogen-bond donors (Lipinski definition) is 1. The maximum Gasteiger partial charge on any atom is 0.0808 e. The van der Waals surface area contributed by atoms with Crippen molar-refractivity contribution in [3.8, 4) is 0 Å². The summed E-state index contributed by atoms with van der Waals surface area (Å²) in [4.78, 5) is 0. The molecule has 0 aromatic heterocycles. The van der Waals surface area contributed by atoms with Gasteiger partial charge in [0.1, 0.15) is 0 Å². The minimum absolute atomic E-state index is 0. The molecule has 2 unspecified atom stereocenters. The number of quaternary nitrogens is 1. The van der Waals surface area contributed by atoms with Crippen LogP contribution >= 0.6 is 0 Å². The molecule has 0 radical (unpaired) electrons. The van der Waals surface area contributed by atoms with Crippen molar-refractivity contribution in [3.63, 3.8) is 0 Å². The second-order valence-electron chi connectivity index (χ2n) is 4.75. The largest absolute Gasteiger partial charge is 0.870 e. The Morgan fingerprint density at radius 1 is 1.00 bits per heavy atom. The lowest BCUT2D eigenvalue weighted by molar-refractivity contribution is -0.902. The Balaban J connectivity index is -0.000000333. The van der Waals surface area contributed by atoms with Crippen LogP contribution < -0.4 is 6.15 Å². The highest BCUT2D eigenvalue weighted by Gasteiger charge is 2.28. The summed E-state index contributed by atoms with van der Waals surface area (Å²) < 4.78 is 1.22. The van der Waals surface area contributed by atoms with Gasteiger partial charge >= 0.3 is 0 Å². The molecular formula is C9H26N2O2. The summed E-state index contributed by atoms with van der Waals surface area (Å²) in [5.74, 6) is 1.86. The van der Waals surface area contributed by atoms with Crippen LogP contribution in [0.1, 0.15) is 20.3 Å². The van der Waals surface area contributed by atoms with Gasteiger partial charge < -0.3 is 21.6 Å². The molecule has 0 bridgehead atoms. The average molecular weight is 194 g/mol. The lowest BCUT2D eigenvalue weighted by atomic mass is 9.91. The molecule has 4 heteroatoms. The van der Waals surface area contributed by atoms with Crippen molar-refractivity contribution in [2.45, 2.75) is 20.3 Å². The van der Waals surface area contributed by atoms with Gasteiger partial charge in [0.2, 0.25) is 0 Å². The second kappa shape index (κ2) is 6.32. The Bertz CT molecular complexity index is 117. The Morgan fingerprint density at radius 2 is 1.31 bits per heavy atom. The highest BCUT2D eigenvalue weighted by atomic mass is 16.0. The van der Waals surface area contributed by atoms with E-state index < -0.39 is 0 Å². The Kier molecular flexibility index (Phi) is 9.03. The van der Waals surface area contributed by atoms with Gasteiger partial charge in [0.25, 0.3) is 0 Å². The monoisotopic (exact) mass is 194 g/mol. The molecular weight excluding hydrogens is 168 g/mol. The second-order valence-corrected chi connectivity index (χ2v) is 4.75. The molecule has 2 atom stereocenters. The molecule has 1 rings (SSSR count). The summed E-state index contributed by atoms with van der Waals surface area (Å²) >= 11 is 0. The number of piperidine rings is 1. The van der Waals surface area contributed by atoms with Crippen molar-refractivity contribution in [2.24, 2.45) is 11.8 Å². The lowest BCUT2D eigenvalue weighted by Gasteiger charge is -2.40. The summed E-state index contributed by atoms with van der Waals surface area (Å²) in [6.07, 6.45) is 1.43. The first-order valence-corrected chi connectivity index (χ1v) is 4.31. The number of likely N-dealkylation sites (tertiary alicyclic amines) is 1. The minimum Gasteiger partial charge on any atom is -0.870 e. The van der Waals surface area contributed by atoms with Gasteiger partial charge in [-0.15, -0.1) is 0 Å². The van der Waals surface area contributed by atoms with Gasteiger partial charge in [-0.2, -0.15) is 0 Å². The third-order valence-electron chi connectivity index (χ3n) is 2.42. The van der Waals surface area contributed by atoms with Gasteiger partial charge in [-0.3, -0.25) is 0 Å². The summed E-state index contributed by atoms with van der Waals surface area (Å²) in [7, 11) is 4.68. The third kappa shape index (κ3) is 5.99. The molecule has 0 spiro atoms. The van der Waals surface area contributed by atoms with Crippen LogP contribution in [0.15, 0.2) is 0 Å². The van der Waals surface area contributed by atoms with E-state index in [1.54, 1.807) is 0 Å². The van der Waals surface area contributed by atoms with E-state index in [9.17, 15) is 0 Å². The zero-order chi connectivity index (χ0) is 7.78. The summed E-state index contributed by atoms with van der Waals surface area (Å²) in [6, 6.07) is 0. The van der Waals surface area contributed by atoms with Crippen molar-refractivity contribution < 1.29 is 15.4 Å². The Labute approximate surface area is 81.7 Å². The zero-order valence-corrected chi connectivity index (χ0v) is 9.38. The van der Waals surface area contributed by atoms with Crippen LogP contribution in [-0.4, -0.2) is 42.6 Å². The van der Waals surface area contributed by atoms with Crippen molar-refractivity contribution in [1.82, 2.24) is 6.15 Å². The number of nitrogens with zero attached hydrogens (tertiary/aromatic N) is 1. The zero-order valence-electron chi connectivity index (χ0n) is 9.38. The number of hydrogen-bond acceptors (Lipinski definition) is 2. The summed E-state index contributed by atoms with van der Waals surface area (Å²) in [6.45, 7) is 7.47. The molecule has 4 nitrogen and oxygen atoms in total. The lowest BCUT2D eigenvalue weighted by Crippen LogP contribution is -2.49. The molecule has 0 aromatic rings. The van der Waals surface area contributed by atoms with Crippen molar-refractivity contribution in [2.75, 3.05) is 27.2 Å². The molecule has 6 N–H and O–H groups in total. The molecule has 13 heavy (non-hydrogen) atoms. The molecule has 1 heterocycles. The van der Waals surface area contributed by atoms with Crippen LogP contribution in [0.3, 0.4) is 0 Å². The minimum atomic E-state index is 0. The SMILES string of the molecule is CC1CC(C)C[N+](C)(C)C1.N.O.[OH-]. The van der Waals surface area contributed by atoms with E-state index in [1.165, 1.54) is 24.0 Å². The summed E-state index contributed by atoms with van der Waals surface area (Å²) in [5, 5.41) is 0. The van der Waals surface area contributed by atoms with Crippen LogP contribution in [-0.2, 0) is 0 Å². The van der Waals surface area contributed by atoms with Crippen LogP contribution in [0.4, 0.5) is 0 Å². The molecule has 84 valence electrons. The molecule has 0 saturated carbocycles. The molecule has 0 amide bonds. The van der Waals surface area contributed by atoms with Crippen molar-refractivity contribution in [1.29, 1.82) is 0 Å². The molecule has 1 fully saturated rings. The van der Waals surface area contributed by atoms with E-state index in [0.717, 1.165) is 11.8 Å². The standard InChI is InChI=1S/C9H20N.H3N.2H2O/c1-8-5-9(2)7-10(3,4)6-8;;;/h8-9H,5-7H2,1-4H3;1H3;2*1H2/q+1;;;/p-1. The topological polar surface area (TPSA) is 96.5 Å². The van der Waals surface area contributed by atoms with Gasteiger partial charge in [-0.05, 0) is 6.42 Å². The Hall–Kier alpha value is -0.160. The highest BCUT2D eigenvalue weighted by molar-refractivity contribution is 4.64. The fraction of sp³-hybridized carbons (Fsp3) is 1.00. The fourth-order valence-corrected chi connectivity index (χ4v) is 2.60. The van der Waals surface area contributed by atoms with E-state index in [4.69, 9.17) is 0 Å². The van der Waals surface area contributed by atoms with E-state index in [0.29, 0.717) is 0 Å². The van der Waals surface area contributed by atoms with Gasteiger partial charge in [-0.25, -0.2) is 0 Å². The first kappa shape index (κ1) is 18.6. The molecule has 0 aromatic carbocycles. The highest BCUT2D eigenvalue weighted by Crippen LogP contribution is 2.23. The molecule has 1 saturated heterocycles. The third-order valence-corrected chi connectivity index (χ3v) is 2.42. The predicted octanol–water partition coefficient (Wildman–Crippen LogP) is 0.899. The van der Waals surface area contributed by atoms with E-state index in [2.05, 4.69) is 27.9 Å². The van der Waals surface area contributed by atoms with E-state index >= 15 is 0 Å². The normalized spacial score (nSPS) is 30.5. The van der Waals surface area contributed by atoms with Crippen molar-refractivity contribution in [3.05, 3.63) is 0 Å². The quantitative estimate of drug-likeness (QED) is 0.580. The van der Waals surface area contributed by atoms with Gasteiger partial charge in [-0.1, -0.05) is 13.8 Å². The van der Waals surface area contributed by atoms with Gasteiger partial charge in [0, 0.05) is 11.8 Å². The van der Waals surface area contributed by atoms with Crippen LogP contribution in [0, 0.1) is 11.8 Å². The average Bonchev–Trinajstić information content (AvgIpc) is 1.54.